The monoisotopic (exact) mass is 856 g/mol. The summed E-state index contributed by atoms with van der Waals surface area (Å²) in [6, 6.07) is 21.6. The quantitative estimate of drug-likeness (QED) is 0.100. The molecule has 0 saturated carbocycles. The van der Waals surface area contributed by atoms with Crippen LogP contribution in [0, 0.1) is 13.8 Å². The van der Waals surface area contributed by atoms with Gasteiger partial charge in [-0.3, -0.25) is 9.97 Å². The van der Waals surface area contributed by atoms with Crippen molar-refractivity contribution in [3.05, 3.63) is 109 Å². The number of carbonyl (C=O) groups is 4. The van der Waals surface area contributed by atoms with Gasteiger partial charge in [-0.25, -0.2) is 0 Å². The predicted octanol–water partition coefficient (Wildman–Crippen LogP) is -7.42. The number of hydrogen-bond donors (Lipinski definition) is 0. The van der Waals surface area contributed by atoms with Crippen LogP contribution in [0.1, 0.15) is 11.1 Å². The Morgan fingerprint density at radius 2 is 0.660 bits per heavy atom. The van der Waals surface area contributed by atoms with Crippen LogP contribution in [0.3, 0.4) is 0 Å². The summed E-state index contributed by atoms with van der Waals surface area (Å²) in [6.07, 6.45) is 7.15. The molecule has 0 amide bonds. The molecule has 2 aromatic carbocycles. The summed E-state index contributed by atoms with van der Waals surface area (Å²) in [7, 11) is 0. The molecule has 286 valence electrons. The summed E-state index contributed by atoms with van der Waals surface area (Å²) >= 11 is 0. The number of aliphatic carboxylic acids is 4. The smallest absolute Gasteiger partial charge is 0.548 e. The Morgan fingerprint density at radius 1 is 0.453 bits per heavy atom. The van der Waals surface area contributed by atoms with E-state index < -0.39 is 50.1 Å². The van der Waals surface area contributed by atoms with Crippen LogP contribution >= 0.6 is 0 Å². The van der Waals surface area contributed by atoms with E-state index >= 15 is 0 Å². The van der Waals surface area contributed by atoms with Gasteiger partial charge in [0.15, 0.2) is 0 Å². The van der Waals surface area contributed by atoms with E-state index in [4.69, 9.17) is 0 Å². The van der Waals surface area contributed by atoms with Crippen molar-refractivity contribution in [2.45, 2.75) is 13.8 Å². The SMILES string of the molecule is Cc1ccc(N(CC(=O)[O-])CC(=O)[O-])cc1.Cc1ccc(N(CC(=O)[O-])CC(=O)[O-])cc1.O.O.O.[OH3+].[OH3+].[OH3+].[OH3+].[Zn+2].[Zn+2].c1cc(-c2ccncc2)ccn1. The third-order valence-electron chi connectivity index (χ3n) is 5.77. The Bertz CT molecular complexity index is 1360. The van der Waals surface area contributed by atoms with Gasteiger partial charge in [-0.15, -0.1) is 0 Å². The van der Waals surface area contributed by atoms with Crippen molar-refractivity contribution in [2.24, 2.45) is 0 Å². The molecule has 4 rings (SSSR count). The Balaban J connectivity index is -0.0000000886. The first-order chi connectivity index (χ1) is 20.9. The maximum atomic E-state index is 10.5. The minimum atomic E-state index is -1.33. The second-order valence-electron chi connectivity index (χ2n) is 9.34. The molecule has 0 bridgehead atoms. The molecular weight excluding hydrogens is 811 g/mol. The van der Waals surface area contributed by atoms with Crippen LogP contribution in [0.25, 0.3) is 11.1 Å². The molecule has 18 N–H and O–H groups in total. The van der Waals surface area contributed by atoms with Crippen LogP contribution in [0.4, 0.5) is 11.4 Å². The van der Waals surface area contributed by atoms with Crippen molar-refractivity contribution in [3.63, 3.8) is 0 Å². The number of carboxylic acids is 4. The molecule has 0 unspecified atom stereocenters. The number of carboxylic acid groups (broad SMARTS) is 4. The molecule has 0 aliphatic heterocycles. The number of rotatable bonds is 11. The van der Waals surface area contributed by atoms with Crippen molar-refractivity contribution in [2.75, 3.05) is 36.0 Å². The molecule has 0 saturated heterocycles. The van der Waals surface area contributed by atoms with Gasteiger partial charge >= 0.3 is 39.0 Å². The number of carbonyl (C=O) groups excluding carboxylic acids is 4. The fraction of sp³-hybridized carbons (Fsp3) is 0.188. The van der Waals surface area contributed by atoms with E-state index in [9.17, 15) is 39.6 Å². The van der Waals surface area contributed by atoms with E-state index in [-0.39, 0.29) is 77.3 Å². The fourth-order valence-corrected chi connectivity index (χ4v) is 3.70. The number of aromatic nitrogens is 2. The molecule has 0 aliphatic rings. The number of pyridine rings is 2. The van der Waals surface area contributed by atoms with E-state index in [2.05, 4.69) is 9.97 Å². The van der Waals surface area contributed by atoms with Gasteiger partial charge in [-0.05, 0) is 73.5 Å². The number of benzene rings is 2. The fourth-order valence-electron chi connectivity index (χ4n) is 3.70. The summed E-state index contributed by atoms with van der Waals surface area (Å²) in [5.41, 5.74) is 5.38. The zero-order valence-corrected chi connectivity index (χ0v) is 35.3. The van der Waals surface area contributed by atoms with Gasteiger partial charge < -0.3 is 87.7 Å². The summed E-state index contributed by atoms with van der Waals surface area (Å²) < 4.78 is 0. The van der Waals surface area contributed by atoms with Crippen LogP contribution in [0.2, 0.25) is 0 Å². The average Bonchev–Trinajstić information content (AvgIpc) is 2.98. The molecule has 0 spiro atoms. The number of hydrogen-bond acceptors (Lipinski definition) is 12. The molecule has 4 aromatic rings. The Morgan fingerprint density at radius 3 is 0.849 bits per heavy atom. The van der Waals surface area contributed by atoms with Crippen LogP contribution < -0.4 is 30.2 Å². The van der Waals surface area contributed by atoms with Gasteiger partial charge in [0.1, 0.15) is 0 Å². The predicted molar refractivity (Wildman–Crippen MR) is 185 cm³/mol. The normalized spacial score (nSPS) is 8.11. The maximum absolute atomic E-state index is 10.5. The summed E-state index contributed by atoms with van der Waals surface area (Å²) in [5, 5.41) is 41.9. The Kier molecular flexibility index (Phi) is 44.6. The second-order valence-corrected chi connectivity index (χ2v) is 9.34. The van der Waals surface area contributed by atoms with E-state index in [1.807, 2.05) is 38.1 Å². The van der Waals surface area contributed by atoms with Gasteiger partial charge in [-0.2, -0.15) is 0 Å². The van der Waals surface area contributed by atoms with E-state index in [1.165, 1.54) is 20.9 Å². The van der Waals surface area contributed by atoms with Crippen molar-refractivity contribution < 1.29 is 117 Å². The third kappa shape index (κ3) is 27.5. The zero-order valence-electron chi connectivity index (χ0n) is 29.3. The van der Waals surface area contributed by atoms with Gasteiger partial charge in [-0.1, -0.05) is 35.4 Å². The first-order valence-corrected chi connectivity index (χ1v) is 13.2. The summed E-state index contributed by atoms with van der Waals surface area (Å²) in [4.78, 5) is 52.1. The van der Waals surface area contributed by atoms with Crippen molar-refractivity contribution >= 4 is 35.3 Å². The molecule has 19 nitrogen and oxygen atoms in total. The number of aryl methyl sites for hydroxylation is 2. The van der Waals surface area contributed by atoms with E-state index in [0.717, 1.165) is 11.1 Å². The molecule has 2 heterocycles. The zero-order chi connectivity index (χ0) is 32.5. The molecular formula is C32H48N4O15Zn2+4. The van der Waals surface area contributed by atoms with Crippen LogP contribution in [-0.2, 0) is 80.0 Å². The van der Waals surface area contributed by atoms with Crippen LogP contribution in [0.15, 0.2) is 97.6 Å². The van der Waals surface area contributed by atoms with Crippen LogP contribution in [0.5, 0.6) is 0 Å². The molecule has 0 radical (unpaired) electrons. The molecule has 21 heteroatoms. The van der Waals surface area contributed by atoms with Gasteiger partial charge in [0, 0.05) is 36.2 Å². The molecule has 0 aliphatic carbocycles. The molecule has 0 fully saturated rings. The van der Waals surface area contributed by atoms with Crippen molar-refractivity contribution in [3.8, 4) is 11.1 Å². The van der Waals surface area contributed by atoms with Gasteiger partial charge in [0.25, 0.3) is 0 Å². The molecule has 53 heavy (non-hydrogen) atoms. The minimum Gasteiger partial charge on any atom is -0.548 e. The third-order valence-corrected chi connectivity index (χ3v) is 5.77. The van der Waals surface area contributed by atoms with E-state index in [1.54, 1.807) is 73.3 Å². The standard InChI is InChI=1S/2C11H13NO4.C10H8N2.7H2O.2Zn/c2*1-8-2-4-9(5-3-8)12(6-10(13)14)7-11(15)16;1-5-11-6-2-9(1)10-3-7-12-8-4-10;;;;;;;;;/h2*2-5H,6-7H2,1H3,(H,13,14)(H,15,16);1-8H;7*1H2;;/q;;;;;;;;;;2*+2. The van der Waals surface area contributed by atoms with E-state index in [0.29, 0.717) is 11.4 Å². The first kappa shape index (κ1) is 66.4. The number of anilines is 2. The summed E-state index contributed by atoms with van der Waals surface area (Å²) in [6.45, 7) is 1.86. The Labute approximate surface area is 330 Å². The topological polar surface area (TPSA) is 419 Å². The number of nitrogens with zero attached hydrogens (tertiary/aromatic N) is 4. The summed E-state index contributed by atoms with van der Waals surface area (Å²) in [5.74, 6) is -5.33. The van der Waals surface area contributed by atoms with Gasteiger partial charge in [0.2, 0.25) is 0 Å². The van der Waals surface area contributed by atoms with Gasteiger partial charge in [0.05, 0.1) is 50.1 Å². The van der Waals surface area contributed by atoms with Crippen LogP contribution in [-0.4, -0.2) is 76.5 Å². The molecule has 2 aromatic heterocycles. The van der Waals surface area contributed by atoms with Crippen molar-refractivity contribution in [1.29, 1.82) is 0 Å². The maximum Gasteiger partial charge on any atom is 2.00 e. The molecule has 0 atom stereocenters. The largest absolute Gasteiger partial charge is 2.00 e. The van der Waals surface area contributed by atoms with Crippen molar-refractivity contribution in [1.82, 2.24) is 9.97 Å². The Hall–Kier alpha value is -4.81. The second kappa shape index (κ2) is 35.6. The average molecular weight is 860 g/mol. The minimum absolute atomic E-state index is 0. The first-order valence-electron chi connectivity index (χ1n) is 13.2.